The van der Waals surface area contributed by atoms with Gasteiger partial charge in [0.05, 0.1) is 17.9 Å². The monoisotopic (exact) mass is 387 g/mol. The van der Waals surface area contributed by atoms with Gasteiger partial charge in [0.2, 0.25) is 0 Å². The number of hydrogen-bond donors (Lipinski definition) is 1. The zero-order valence-electron chi connectivity index (χ0n) is 15.2. The molecule has 0 unspecified atom stereocenters. The molecule has 1 N–H and O–H groups in total. The number of rotatable bonds is 4. The van der Waals surface area contributed by atoms with Crippen molar-refractivity contribution in [1.82, 2.24) is 4.90 Å². The standard InChI is InChI=1S/C20H22FN3O2S/c1-2-26-19(25)15-7-9-16(10-8-15)22-20(27)24-13-11-23(12-14-24)18-6-4-3-5-17(18)21/h3-10H,2,11-14H2,1H3,(H,22,27). The molecule has 1 fully saturated rings. The predicted molar refractivity (Wildman–Crippen MR) is 109 cm³/mol. The summed E-state index contributed by atoms with van der Waals surface area (Å²) in [6, 6.07) is 13.8. The topological polar surface area (TPSA) is 44.8 Å². The van der Waals surface area contributed by atoms with Crippen molar-refractivity contribution in [2.45, 2.75) is 6.92 Å². The Labute approximate surface area is 163 Å². The van der Waals surface area contributed by atoms with Crippen molar-refractivity contribution in [2.75, 3.05) is 43.0 Å². The number of carbonyl (C=O) groups is 1. The number of esters is 1. The van der Waals surface area contributed by atoms with Crippen molar-refractivity contribution in [3.63, 3.8) is 0 Å². The van der Waals surface area contributed by atoms with E-state index in [-0.39, 0.29) is 11.8 Å². The van der Waals surface area contributed by atoms with E-state index in [2.05, 4.69) is 10.2 Å². The van der Waals surface area contributed by atoms with Crippen LogP contribution in [0.4, 0.5) is 15.8 Å². The van der Waals surface area contributed by atoms with Gasteiger partial charge in [0.25, 0.3) is 0 Å². The third-order valence-electron chi connectivity index (χ3n) is 4.41. The number of nitrogens with one attached hydrogen (secondary N) is 1. The minimum atomic E-state index is -0.337. The smallest absolute Gasteiger partial charge is 0.338 e. The lowest BCUT2D eigenvalue weighted by Crippen LogP contribution is -2.50. The molecule has 0 aliphatic carbocycles. The molecular formula is C20H22FN3O2S. The van der Waals surface area contributed by atoms with Gasteiger partial charge in [0, 0.05) is 31.9 Å². The zero-order valence-corrected chi connectivity index (χ0v) is 16.0. The van der Waals surface area contributed by atoms with E-state index in [1.165, 1.54) is 6.07 Å². The van der Waals surface area contributed by atoms with Crippen molar-refractivity contribution < 1.29 is 13.9 Å². The Morgan fingerprint density at radius 3 is 2.41 bits per heavy atom. The molecule has 1 aliphatic rings. The molecule has 0 aromatic heterocycles. The van der Waals surface area contributed by atoms with Crippen LogP contribution in [0.5, 0.6) is 0 Å². The summed E-state index contributed by atoms with van der Waals surface area (Å²) in [6.07, 6.45) is 0. The first-order valence-corrected chi connectivity index (χ1v) is 9.32. The molecule has 0 atom stereocenters. The average Bonchev–Trinajstić information content (AvgIpc) is 2.69. The number of anilines is 2. The minimum absolute atomic E-state index is 0.201. The third-order valence-corrected chi connectivity index (χ3v) is 4.77. The Morgan fingerprint density at radius 2 is 1.78 bits per heavy atom. The Bertz CT molecular complexity index is 805. The lowest BCUT2D eigenvalue weighted by atomic mass is 10.2. The second kappa shape index (κ2) is 8.81. The highest BCUT2D eigenvalue weighted by Crippen LogP contribution is 2.20. The number of carbonyl (C=O) groups excluding carboxylic acids is 1. The van der Waals surface area contributed by atoms with E-state index < -0.39 is 0 Å². The van der Waals surface area contributed by atoms with Crippen LogP contribution in [0.1, 0.15) is 17.3 Å². The first-order valence-electron chi connectivity index (χ1n) is 8.91. The van der Waals surface area contributed by atoms with Gasteiger partial charge in [-0.25, -0.2) is 9.18 Å². The number of nitrogens with zero attached hydrogens (tertiary/aromatic N) is 2. The number of piperazine rings is 1. The number of para-hydroxylation sites is 1. The summed E-state index contributed by atoms with van der Waals surface area (Å²) in [5.41, 5.74) is 1.95. The van der Waals surface area contributed by atoms with Gasteiger partial charge in [0.15, 0.2) is 5.11 Å². The van der Waals surface area contributed by atoms with Crippen LogP contribution < -0.4 is 10.2 Å². The van der Waals surface area contributed by atoms with Gasteiger partial charge in [-0.2, -0.15) is 0 Å². The largest absolute Gasteiger partial charge is 0.462 e. The maximum Gasteiger partial charge on any atom is 0.338 e. The van der Waals surface area contributed by atoms with Gasteiger partial charge in [-0.3, -0.25) is 0 Å². The maximum atomic E-state index is 13.9. The highest BCUT2D eigenvalue weighted by atomic mass is 32.1. The van der Waals surface area contributed by atoms with Crippen molar-refractivity contribution in [2.24, 2.45) is 0 Å². The molecule has 7 heteroatoms. The Hall–Kier alpha value is -2.67. The van der Waals surface area contributed by atoms with Crippen LogP contribution in [-0.4, -0.2) is 48.8 Å². The normalized spacial score (nSPS) is 14.0. The number of thiocarbonyl (C=S) groups is 1. The molecule has 0 spiro atoms. The van der Waals surface area contributed by atoms with Crippen LogP contribution in [-0.2, 0) is 4.74 Å². The Morgan fingerprint density at radius 1 is 1.11 bits per heavy atom. The fourth-order valence-corrected chi connectivity index (χ4v) is 3.27. The molecule has 2 aromatic carbocycles. The Balaban J connectivity index is 1.54. The van der Waals surface area contributed by atoms with Crippen molar-refractivity contribution in [1.29, 1.82) is 0 Å². The molecular weight excluding hydrogens is 365 g/mol. The second-order valence-electron chi connectivity index (χ2n) is 6.15. The first-order chi connectivity index (χ1) is 13.1. The van der Waals surface area contributed by atoms with E-state index in [1.54, 1.807) is 43.3 Å². The molecule has 0 amide bonds. The van der Waals surface area contributed by atoms with Crippen molar-refractivity contribution >= 4 is 34.7 Å². The second-order valence-corrected chi connectivity index (χ2v) is 6.54. The van der Waals surface area contributed by atoms with Gasteiger partial charge < -0.3 is 19.9 Å². The zero-order chi connectivity index (χ0) is 19.2. The van der Waals surface area contributed by atoms with Crippen LogP contribution in [0.3, 0.4) is 0 Å². The maximum absolute atomic E-state index is 13.9. The van der Waals surface area contributed by atoms with Crippen molar-refractivity contribution in [3.8, 4) is 0 Å². The number of ether oxygens (including phenoxy) is 1. The highest BCUT2D eigenvalue weighted by molar-refractivity contribution is 7.80. The molecule has 0 bridgehead atoms. The summed E-state index contributed by atoms with van der Waals surface area (Å²) in [7, 11) is 0. The average molecular weight is 387 g/mol. The van der Waals surface area contributed by atoms with Crippen LogP contribution in [0.15, 0.2) is 48.5 Å². The summed E-state index contributed by atoms with van der Waals surface area (Å²) in [6.45, 7) is 4.94. The Kier molecular flexibility index (Phi) is 6.24. The molecule has 0 saturated carbocycles. The quantitative estimate of drug-likeness (QED) is 0.640. The molecule has 1 heterocycles. The van der Waals surface area contributed by atoms with Gasteiger partial charge in [-0.05, 0) is 55.5 Å². The molecule has 1 aliphatic heterocycles. The lowest BCUT2D eigenvalue weighted by Gasteiger charge is -2.37. The molecule has 27 heavy (non-hydrogen) atoms. The summed E-state index contributed by atoms with van der Waals surface area (Å²) in [5, 5.41) is 3.81. The predicted octanol–water partition coefficient (Wildman–Crippen LogP) is 3.52. The minimum Gasteiger partial charge on any atom is -0.462 e. The molecule has 142 valence electrons. The number of benzene rings is 2. The van der Waals surface area contributed by atoms with Crippen LogP contribution in [0.25, 0.3) is 0 Å². The van der Waals surface area contributed by atoms with Gasteiger partial charge in [0.1, 0.15) is 5.82 Å². The summed E-state index contributed by atoms with van der Waals surface area (Å²) < 4.78 is 18.9. The summed E-state index contributed by atoms with van der Waals surface area (Å²) >= 11 is 5.49. The fraction of sp³-hybridized carbons (Fsp3) is 0.300. The summed E-state index contributed by atoms with van der Waals surface area (Å²) in [5.74, 6) is -0.538. The van der Waals surface area contributed by atoms with E-state index in [9.17, 15) is 9.18 Å². The highest BCUT2D eigenvalue weighted by Gasteiger charge is 2.21. The molecule has 1 saturated heterocycles. The van der Waals surface area contributed by atoms with Gasteiger partial charge in [-0.1, -0.05) is 12.1 Å². The van der Waals surface area contributed by atoms with Gasteiger partial charge >= 0.3 is 5.97 Å². The lowest BCUT2D eigenvalue weighted by molar-refractivity contribution is 0.0526. The van der Waals surface area contributed by atoms with E-state index in [0.717, 1.165) is 5.69 Å². The number of hydrogen-bond acceptors (Lipinski definition) is 4. The molecule has 2 aromatic rings. The molecule has 0 radical (unpaired) electrons. The third kappa shape index (κ3) is 4.74. The van der Waals surface area contributed by atoms with Gasteiger partial charge in [-0.15, -0.1) is 0 Å². The number of halogens is 1. The fourth-order valence-electron chi connectivity index (χ4n) is 2.97. The van der Waals surface area contributed by atoms with E-state index in [1.807, 2.05) is 11.0 Å². The van der Waals surface area contributed by atoms with E-state index in [4.69, 9.17) is 17.0 Å². The molecule has 5 nitrogen and oxygen atoms in total. The summed E-state index contributed by atoms with van der Waals surface area (Å²) in [4.78, 5) is 15.8. The van der Waals surface area contributed by atoms with Crippen LogP contribution in [0.2, 0.25) is 0 Å². The molecule has 3 rings (SSSR count). The van der Waals surface area contributed by atoms with E-state index >= 15 is 0 Å². The van der Waals surface area contributed by atoms with E-state index in [0.29, 0.717) is 49.1 Å². The van der Waals surface area contributed by atoms with Crippen molar-refractivity contribution in [3.05, 3.63) is 59.9 Å². The first kappa shape index (κ1) is 19.1. The van der Waals surface area contributed by atoms with Crippen LogP contribution in [0, 0.1) is 5.82 Å². The van der Waals surface area contributed by atoms with Crippen LogP contribution >= 0.6 is 12.2 Å². The SMILES string of the molecule is CCOC(=O)c1ccc(NC(=S)N2CCN(c3ccccc3F)CC2)cc1.